The number of rotatable bonds is 4. The molecule has 1 atom stereocenters. The van der Waals surface area contributed by atoms with Crippen molar-refractivity contribution in [1.29, 1.82) is 0 Å². The zero-order valence-corrected chi connectivity index (χ0v) is 9.64. The van der Waals surface area contributed by atoms with Crippen LogP contribution in [0.3, 0.4) is 0 Å². The summed E-state index contributed by atoms with van der Waals surface area (Å²) in [6.07, 6.45) is 0.967. The molecule has 0 aliphatic heterocycles. The number of nitrogens with zero attached hydrogens (tertiary/aromatic N) is 2. The molecule has 0 saturated carbocycles. The Morgan fingerprint density at radius 3 is 2.94 bits per heavy atom. The summed E-state index contributed by atoms with van der Waals surface area (Å²) in [6.45, 7) is 1.34. The molecular weight excluding hydrogens is 250 g/mol. The number of hydrogen-bond donors (Lipinski definition) is 2. The second-order valence-electron chi connectivity index (χ2n) is 3.35. The van der Waals surface area contributed by atoms with Crippen molar-refractivity contribution < 1.29 is 14.8 Å². The molecule has 0 bridgehead atoms. The van der Waals surface area contributed by atoms with Gasteiger partial charge in [-0.1, -0.05) is 11.6 Å². The highest BCUT2D eigenvalue weighted by Gasteiger charge is 2.18. The predicted octanol–water partition coefficient (Wildman–Crippen LogP) is 0.754. The van der Waals surface area contributed by atoms with Crippen molar-refractivity contribution in [2.45, 2.75) is 13.0 Å². The number of halogens is 1. The monoisotopic (exact) mass is 259 g/mol. The minimum atomic E-state index is -0.671. The average molecular weight is 260 g/mol. The number of carbonyl (C=O) groups excluding carboxylic acids is 1. The molecule has 0 radical (unpaired) electrons. The first-order valence-corrected chi connectivity index (χ1v) is 5.05. The molecule has 0 aliphatic carbocycles. The maximum absolute atomic E-state index is 11.6. The van der Waals surface area contributed by atoms with Gasteiger partial charge < -0.3 is 10.4 Å². The summed E-state index contributed by atoms with van der Waals surface area (Å²) in [7, 11) is 0. The minimum absolute atomic E-state index is 0.0961. The molecule has 0 fully saturated rings. The highest BCUT2D eigenvalue weighted by atomic mass is 35.5. The van der Waals surface area contributed by atoms with Crippen molar-refractivity contribution in [2.24, 2.45) is 0 Å². The van der Waals surface area contributed by atoms with E-state index in [0.717, 1.165) is 12.3 Å². The van der Waals surface area contributed by atoms with Gasteiger partial charge in [0.05, 0.1) is 17.1 Å². The molecule has 0 unspecified atom stereocenters. The molecule has 1 rings (SSSR count). The highest BCUT2D eigenvalue weighted by molar-refractivity contribution is 6.32. The molecule has 0 aliphatic rings. The van der Waals surface area contributed by atoms with Crippen LogP contribution in [0.5, 0.6) is 0 Å². The Kier molecular flexibility index (Phi) is 4.36. The zero-order valence-electron chi connectivity index (χ0n) is 8.88. The van der Waals surface area contributed by atoms with E-state index in [4.69, 9.17) is 16.7 Å². The number of pyridine rings is 1. The fourth-order valence-corrected chi connectivity index (χ4v) is 1.23. The van der Waals surface area contributed by atoms with Crippen LogP contribution in [0, 0.1) is 10.1 Å². The van der Waals surface area contributed by atoms with Crippen LogP contribution < -0.4 is 5.32 Å². The van der Waals surface area contributed by atoms with E-state index in [-0.39, 0.29) is 23.0 Å². The van der Waals surface area contributed by atoms with Crippen molar-refractivity contribution in [1.82, 2.24) is 10.3 Å². The molecular formula is C9H10ClN3O4. The summed E-state index contributed by atoms with van der Waals surface area (Å²) in [5, 5.41) is 21.6. The average Bonchev–Trinajstić information content (AvgIpc) is 2.28. The van der Waals surface area contributed by atoms with Gasteiger partial charge in [-0.25, -0.2) is 4.98 Å². The van der Waals surface area contributed by atoms with Gasteiger partial charge in [-0.3, -0.25) is 14.9 Å². The topological polar surface area (TPSA) is 105 Å². The first-order valence-electron chi connectivity index (χ1n) is 4.67. The van der Waals surface area contributed by atoms with Crippen molar-refractivity contribution in [2.75, 3.05) is 6.61 Å². The van der Waals surface area contributed by atoms with Crippen molar-refractivity contribution >= 4 is 23.2 Å². The second-order valence-corrected chi connectivity index (χ2v) is 3.70. The van der Waals surface area contributed by atoms with Gasteiger partial charge in [-0.05, 0) is 6.92 Å². The molecule has 1 aromatic rings. The second kappa shape index (κ2) is 5.55. The Hall–Kier alpha value is -1.73. The normalized spacial score (nSPS) is 11.9. The molecule has 1 heterocycles. The lowest BCUT2D eigenvalue weighted by Gasteiger charge is -2.10. The Morgan fingerprint density at radius 1 is 1.76 bits per heavy atom. The first kappa shape index (κ1) is 13.3. The molecule has 0 spiro atoms. The van der Waals surface area contributed by atoms with Crippen LogP contribution in [0.2, 0.25) is 5.15 Å². The van der Waals surface area contributed by atoms with Gasteiger partial charge in [0.1, 0.15) is 11.3 Å². The fourth-order valence-electron chi connectivity index (χ4n) is 1.04. The fraction of sp³-hybridized carbons (Fsp3) is 0.333. The Balaban J connectivity index is 3.00. The smallest absolute Gasteiger partial charge is 0.288 e. The number of hydrogen-bond acceptors (Lipinski definition) is 5. The third kappa shape index (κ3) is 3.36. The molecule has 1 amide bonds. The summed E-state index contributed by atoms with van der Waals surface area (Å²) in [4.78, 5) is 25.0. The molecule has 7 nitrogen and oxygen atoms in total. The Bertz CT molecular complexity index is 452. The van der Waals surface area contributed by atoms with E-state index in [1.54, 1.807) is 6.92 Å². The van der Waals surface area contributed by atoms with Crippen LogP contribution in [0.25, 0.3) is 0 Å². The zero-order chi connectivity index (χ0) is 13.0. The summed E-state index contributed by atoms with van der Waals surface area (Å²) in [5.74, 6) is -0.618. The Labute approximate surface area is 102 Å². The molecule has 92 valence electrons. The number of aromatic nitrogens is 1. The van der Waals surface area contributed by atoms with Gasteiger partial charge in [-0.2, -0.15) is 0 Å². The molecule has 0 aromatic carbocycles. The number of nitrogens with one attached hydrogen (secondary N) is 1. The summed E-state index contributed by atoms with van der Waals surface area (Å²) < 4.78 is 0. The van der Waals surface area contributed by atoms with E-state index in [1.165, 1.54) is 0 Å². The van der Waals surface area contributed by atoms with E-state index in [1.807, 2.05) is 0 Å². The summed E-state index contributed by atoms with van der Waals surface area (Å²) in [5.41, 5.74) is -0.419. The van der Waals surface area contributed by atoms with Crippen LogP contribution in [-0.4, -0.2) is 33.6 Å². The molecule has 0 saturated heterocycles. The van der Waals surface area contributed by atoms with Gasteiger partial charge in [0.2, 0.25) is 0 Å². The van der Waals surface area contributed by atoms with E-state index in [0.29, 0.717) is 0 Å². The van der Waals surface area contributed by atoms with Gasteiger partial charge in [0.25, 0.3) is 11.6 Å². The van der Waals surface area contributed by atoms with Crippen LogP contribution >= 0.6 is 11.6 Å². The van der Waals surface area contributed by atoms with E-state index in [2.05, 4.69) is 10.3 Å². The maximum atomic E-state index is 11.6. The molecule has 8 heteroatoms. The van der Waals surface area contributed by atoms with E-state index >= 15 is 0 Å². The number of aliphatic hydroxyl groups excluding tert-OH is 1. The van der Waals surface area contributed by atoms with Crippen molar-refractivity contribution in [3.05, 3.63) is 33.1 Å². The summed E-state index contributed by atoms with van der Waals surface area (Å²) >= 11 is 5.67. The quantitative estimate of drug-likeness (QED) is 0.472. The molecule has 2 N–H and O–H groups in total. The van der Waals surface area contributed by atoms with Crippen molar-refractivity contribution in [3.63, 3.8) is 0 Å². The number of aliphatic hydroxyl groups is 1. The van der Waals surface area contributed by atoms with Gasteiger partial charge in [0, 0.05) is 12.1 Å². The van der Waals surface area contributed by atoms with Gasteiger partial charge >= 0.3 is 0 Å². The summed E-state index contributed by atoms with van der Waals surface area (Å²) in [6, 6.07) is 0.562. The largest absolute Gasteiger partial charge is 0.394 e. The van der Waals surface area contributed by atoms with Crippen LogP contribution in [0.1, 0.15) is 17.3 Å². The predicted molar refractivity (Wildman–Crippen MR) is 59.9 cm³/mol. The third-order valence-electron chi connectivity index (χ3n) is 1.93. The highest BCUT2D eigenvalue weighted by Crippen LogP contribution is 2.18. The van der Waals surface area contributed by atoms with E-state index < -0.39 is 16.9 Å². The third-order valence-corrected chi connectivity index (χ3v) is 2.23. The van der Waals surface area contributed by atoms with Crippen LogP contribution in [0.15, 0.2) is 12.3 Å². The van der Waals surface area contributed by atoms with Crippen molar-refractivity contribution in [3.8, 4) is 0 Å². The minimum Gasteiger partial charge on any atom is -0.394 e. The maximum Gasteiger partial charge on any atom is 0.288 e. The number of amides is 1. The van der Waals surface area contributed by atoms with Gasteiger partial charge in [0.15, 0.2) is 0 Å². The number of carbonyl (C=O) groups is 1. The van der Waals surface area contributed by atoms with E-state index in [9.17, 15) is 14.9 Å². The lowest BCUT2D eigenvalue weighted by atomic mass is 10.2. The first-order chi connectivity index (χ1) is 7.95. The standard InChI is InChI=1S/C9H10ClN3O4/c1-5(4-14)12-9(15)7-2-6(13(16)17)3-11-8(7)10/h2-3,5,14H,4H2,1H3,(H,12,15)/t5-/m0/s1. The lowest BCUT2D eigenvalue weighted by molar-refractivity contribution is -0.385. The number of nitro groups is 1. The van der Waals surface area contributed by atoms with Crippen LogP contribution in [-0.2, 0) is 0 Å². The molecule has 1 aromatic heterocycles. The molecule has 17 heavy (non-hydrogen) atoms. The van der Waals surface area contributed by atoms with Gasteiger partial charge in [-0.15, -0.1) is 0 Å². The lowest BCUT2D eigenvalue weighted by Crippen LogP contribution is -2.35. The van der Waals surface area contributed by atoms with Crippen LogP contribution in [0.4, 0.5) is 5.69 Å². The SMILES string of the molecule is C[C@@H](CO)NC(=O)c1cc([N+](=O)[O-])cnc1Cl. The Morgan fingerprint density at radius 2 is 2.41 bits per heavy atom.